The van der Waals surface area contributed by atoms with Crippen LogP contribution in [0.25, 0.3) is 0 Å². The van der Waals surface area contributed by atoms with Gasteiger partial charge in [0.25, 0.3) is 11.6 Å². The van der Waals surface area contributed by atoms with E-state index in [1.54, 1.807) is 19.9 Å². The number of carbonyl (C=O) groups is 2. The third-order valence-electron chi connectivity index (χ3n) is 4.08. The lowest BCUT2D eigenvalue weighted by molar-refractivity contribution is -0.384. The van der Waals surface area contributed by atoms with E-state index in [2.05, 4.69) is 5.32 Å². The summed E-state index contributed by atoms with van der Waals surface area (Å²) in [6.45, 7) is 3.03. The maximum absolute atomic E-state index is 12.0. The van der Waals surface area contributed by atoms with Crippen molar-refractivity contribution in [2.24, 2.45) is 5.92 Å². The minimum Gasteiger partial charge on any atom is -0.456 e. The third kappa shape index (κ3) is 4.41. The van der Waals surface area contributed by atoms with Crippen LogP contribution in [-0.4, -0.2) is 23.4 Å². The molecule has 0 aliphatic heterocycles. The lowest BCUT2D eigenvalue weighted by Gasteiger charge is -2.12. The highest BCUT2D eigenvalue weighted by molar-refractivity contribution is 5.96. The number of amides is 1. The molecule has 0 spiro atoms. The van der Waals surface area contributed by atoms with Crippen molar-refractivity contribution in [1.82, 2.24) is 0 Å². The van der Waals surface area contributed by atoms with Crippen LogP contribution in [-0.2, 0) is 14.3 Å². The van der Waals surface area contributed by atoms with Crippen molar-refractivity contribution in [3.8, 4) is 0 Å². The Labute approximate surface area is 139 Å². The van der Waals surface area contributed by atoms with Gasteiger partial charge in [-0.3, -0.25) is 19.7 Å². The predicted octanol–water partition coefficient (Wildman–Crippen LogP) is 3.05. The van der Waals surface area contributed by atoms with Gasteiger partial charge in [0.1, 0.15) is 5.69 Å². The Morgan fingerprint density at radius 3 is 2.75 bits per heavy atom. The van der Waals surface area contributed by atoms with E-state index in [0.29, 0.717) is 5.56 Å². The number of esters is 1. The Morgan fingerprint density at radius 1 is 1.38 bits per heavy atom. The number of hydrogen-bond donors (Lipinski definition) is 1. The maximum atomic E-state index is 12.0. The highest BCUT2D eigenvalue weighted by Gasteiger charge is 2.20. The maximum Gasteiger partial charge on any atom is 0.306 e. The molecule has 0 bridgehead atoms. The quantitative estimate of drug-likeness (QED) is 0.373. The SMILES string of the molecule is Cc1ccc([N+](=O)[O-])c(NC(=O)COC(=O)C[C@@H]2C=CCC2)c1C. The van der Waals surface area contributed by atoms with Crippen LogP contribution in [0.3, 0.4) is 0 Å². The molecule has 0 fully saturated rings. The molecule has 0 radical (unpaired) electrons. The molecule has 24 heavy (non-hydrogen) atoms. The number of nitro benzene ring substituents is 1. The van der Waals surface area contributed by atoms with Gasteiger partial charge >= 0.3 is 5.97 Å². The van der Waals surface area contributed by atoms with Crippen molar-refractivity contribution < 1.29 is 19.2 Å². The summed E-state index contributed by atoms with van der Waals surface area (Å²) in [6.07, 6.45) is 6.10. The monoisotopic (exact) mass is 332 g/mol. The van der Waals surface area contributed by atoms with Gasteiger partial charge in [-0.05, 0) is 43.7 Å². The second-order valence-electron chi connectivity index (χ2n) is 5.84. The Morgan fingerprint density at radius 2 is 2.12 bits per heavy atom. The number of ether oxygens (including phenoxy) is 1. The van der Waals surface area contributed by atoms with Gasteiger partial charge in [0.2, 0.25) is 0 Å². The molecule has 7 nitrogen and oxygen atoms in total. The van der Waals surface area contributed by atoms with Gasteiger partial charge in [0.05, 0.1) is 11.3 Å². The molecule has 0 unspecified atom stereocenters. The average Bonchev–Trinajstić information content (AvgIpc) is 3.02. The van der Waals surface area contributed by atoms with Crippen LogP contribution in [0.4, 0.5) is 11.4 Å². The second kappa shape index (κ2) is 7.72. The van der Waals surface area contributed by atoms with E-state index in [1.165, 1.54) is 6.07 Å². The van der Waals surface area contributed by atoms with Crippen molar-refractivity contribution in [3.05, 3.63) is 45.5 Å². The van der Waals surface area contributed by atoms with Crippen molar-refractivity contribution in [3.63, 3.8) is 0 Å². The zero-order valence-electron chi connectivity index (χ0n) is 13.7. The first kappa shape index (κ1) is 17.7. The number of nitrogens with one attached hydrogen (secondary N) is 1. The Balaban J connectivity index is 1.94. The second-order valence-corrected chi connectivity index (χ2v) is 5.84. The largest absolute Gasteiger partial charge is 0.456 e. The van der Waals surface area contributed by atoms with E-state index in [4.69, 9.17) is 4.74 Å². The summed E-state index contributed by atoms with van der Waals surface area (Å²) >= 11 is 0. The highest BCUT2D eigenvalue weighted by Crippen LogP contribution is 2.30. The molecular weight excluding hydrogens is 312 g/mol. The smallest absolute Gasteiger partial charge is 0.306 e. The zero-order chi connectivity index (χ0) is 17.7. The lowest BCUT2D eigenvalue weighted by atomic mass is 10.1. The van der Waals surface area contributed by atoms with Gasteiger partial charge in [-0.15, -0.1) is 0 Å². The van der Waals surface area contributed by atoms with Crippen LogP contribution in [0.2, 0.25) is 0 Å². The van der Waals surface area contributed by atoms with E-state index in [9.17, 15) is 19.7 Å². The molecule has 1 aromatic carbocycles. The van der Waals surface area contributed by atoms with Crippen LogP contribution in [0.5, 0.6) is 0 Å². The number of carbonyl (C=O) groups excluding carboxylic acids is 2. The molecule has 1 aliphatic rings. The predicted molar refractivity (Wildman–Crippen MR) is 88.6 cm³/mol. The van der Waals surface area contributed by atoms with Crippen LogP contribution in [0.15, 0.2) is 24.3 Å². The first-order valence-corrected chi connectivity index (χ1v) is 7.75. The number of hydrogen-bond acceptors (Lipinski definition) is 5. The minimum atomic E-state index is -0.595. The summed E-state index contributed by atoms with van der Waals surface area (Å²) < 4.78 is 4.95. The Hall–Kier alpha value is -2.70. The fourth-order valence-electron chi connectivity index (χ4n) is 2.57. The highest BCUT2D eigenvalue weighted by atomic mass is 16.6. The van der Waals surface area contributed by atoms with Crippen LogP contribution >= 0.6 is 0 Å². The molecule has 7 heteroatoms. The number of allylic oxidation sites excluding steroid dienone is 2. The molecule has 1 aliphatic carbocycles. The molecule has 1 atom stereocenters. The molecule has 128 valence electrons. The number of anilines is 1. The number of rotatable bonds is 6. The molecule has 2 rings (SSSR count). The normalized spacial score (nSPS) is 16.0. The summed E-state index contributed by atoms with van der Waals surface area (Å²) in [6, 6.07) is 2.97. The van der Waals surface area contributed by atoms with E-state index >= 15 is 0 Å². The summed E-state index contributed by atoms with van der Waals surface area (Å²) in [7, 11) is 0. The van der Waals surface area contributed by atoms with E-state index in [1.807, 2.05) is 12.2 Å². The number of nitrogens with zero attached hydrogens (tertiary/aromatic N) is 1. The van der Waals surface area contributed by atoms with Gasteiger partial charge in [-0.1, -0.05) is 18.2 Å². The molecule has 0 heterocycles. The van der Waals surface area contributed by atoms with E-state index in [-0.39, 0.29) is 23.7 Å². The fourth-order valence-corrected chi connectivity index (χ4v) is 2.57. The van der Waals surface area contributed by atoms with Crippen LogP contribution in [0.1, 0.15) is 30.4 Å². The molecule has 0 saturated heterocycles. The third-order valence-corrected chi connectivity index (χ3v) is 4.08. The summed E-state index contributed by atoms with van der Waals surface area (Å²) in [5, 5.41) is 13.6. The van der Waals surface area contributed by atoms with Crippen molar-refractivity contribution in [2.45, 2.75) is 33.1 Å². The van der Waals surface area contributed by atoms with E-state index < -0.39 is 23.4 Å². The lowest BCUT2D eigenvalue weighted by Crippen LogP contribution is -2.22. The minimum absolute atomic E-state index is 0.139. The molecule has 1 amide bonds. The summed E-state index contributed by atoms with van der Waals surface area (Å²) in [4.78, 5) is 34.2. The Bertz CT molecular complexity index is 696. The van der Waals surface area contributed by atoms with Crippen LogP contribution < -0.4 is 5.32 Å². The van der Waals surface area contributed by atoms with Gasteiger partial charge in [-0.2, -0.15) is 0 Å². The van der Waals surface area contributed by atoms with Crippen molar-refractivity contribution in [2.75, 3.05) is 11.9 Å². The molecule has 1 N–H and O–H groups in total. The number of benzene rings is 1. The molecule has 0 aromatic heterocycles. The Kier molecular flexibility index (Phi) is 5.68. The topological polar surface area (TPSA) is 98.5 Å². The number of nitro groups is 1. The van der Waals surface area contributed by atoms with Crippen molar-refractivity contribution in [1.29, 1.82) is 0 Å². The zero-order valence-corrected chi connectivity index (χ0v) is 13.7. The fraction of sp³-hybridized carbons (Fsp3) is 0.412. The van der Waals surface area contributed by atoms with Gasteiger partial charge in [-0.25, -0.2) is 0 Å². The summed E-state index contributed by atoms with van der Waals surface area (Å²) in [5.74, 6) is -0.875. The molecule has 1 aromatic rings. The van der Waals surface area contributed by atoms with Gasteiger partial charge in [0.15, 0.2) is 6.61 Å². The average molecular weight is 332 g/mol. The number of aryl methyl sites for hydroxylation is 1. The van der Waals surface area contributed by atoms with Crippen molar-refractivity contribution >= 4 is 23.3 Å². The standard InChI is InChI=1S/C17H20N2O5/c1-11-7-8-14(19(22)23)17(12(11)2)18-15(20)10-24-16(21)9-13-5-3-4-6-13/h3,5,7-8,13H,4,6,9-10H2,1-2H3,(H,18,20)/t13-/m1/s1. The van der Waals surface area contributed by atoms with Gasteiger partial charge in [0, 0.05) is 6.07 Å². The summed E-state index contributed by atoms with van der Waals surface area (Å²) in [5.41, 5.74) is 1.38. The molecular formula is C17H20N2O5. The van der Waals surface area contributed by atoms with Gasteiger partial charge < -0.3 is 10.1 Å². The first-order valence-electron chi connectivity index (χ1n) is 7.75. The molecule has 0 saturated carbocycles. The van der Waals surface area contributed by atoms with E-state index in [0.717, 1.165) is 18.4 Å². The first-order chi connectivity index (χ1) is 11.4. The van der Waals surface area contributed by atoms with Crippen LogP contribution in [0, 0.1) is 29.9 Å².